The summed E-state index contributed by atoms with van der Waals surface area (Å²) in [6, 6.07) is 0.288. The van der Waals surface area contributed by atoms with E-state index in [9.17, 15) is 26.3 Å². The van der Waals surface area contributed by atoms with Gasteiger partial charge in [-0.05, 0) is 12.5 Å². The Kier molecular flexibility index (Phi) is 5.07. The quantitative estimate of drug-likeness (QED) is 0.600. The summed E-state index contributed by atoms with van der Waals surface area (Å²) >= 11 is 0. The molecule has 3 unspecified atom stereocenters. The molecule has 0 aliphatic carbocycles. The first-order chi connectivity index (χ1) is 13.6. The predicted molar refractivity (Wildman–Crippen MR) is 89.0 cm³/mol. The fourth-order valence-corrected chi connectivity index (χ4v) is 3.89. The van der Waals surface area contributed by atoms with Gasteiger partial charge in [0.2, 0.25) is 0 Å². The van der Waals surface area contributed by atoms with Gasteiger partial charge in [0.15, 0.2) is 17.3 Å². The van der Waals surface area contributed by atoms with Crippen LogP contribution in [0.25, 0.3) is 0 Å². The van der Waals surface area contributed by atoms with Crippen LogP contribution in [0.5, 0.6) is 0 Å². The van der Waals surface area contributed by atoms with E-state index in [-0.39, 0.29) is 24.8 Å². The van der Waals surface area contributed by atoms with Crippen LogP contribution in [0, 0.1) is 17.5 Å². The van der Waals surface area contributed by atoms with Crippen molar-refractivity contribution >= 4 is 0 Å². The minimum atomic E-state index is -4.51. The second-order valence-electron chi connectivity index (χ2n) is 7.30. The number of benzene rings is 1. The van der Waals surface area contributed by atoms with E-state index in [4.69, 9.17) is 10.5 Å². The van der Waals surface area contributed by atoms with Crippen molar-refractivity contribution in [1.82, 2.24) is 14.5 Å². The zero-order valence-electron chi connectivity index (χ0n) is 15.1. The van der Waals surface area contributed by atoms with Crippen LogP contribution < -0.4 is 5.73 Å². The molecule has 0 bridgehead atoms. The summed E-state index contributed by atoms with van der Waals surface area (Å²) in [5.41, 5.74) is 5.03. The average Bonchev–Trinajstić information content (AvgIpc) is 3.09. The van der Waals surface area contributed by atoms with Crippen molar-refractivity contribution in [3.05, 3.63) is 52.9 Å². The van der Waals surface area contributed by atoms with Crippen LogP contribution in [0.3, 0.4) is 0 Å². The summed E-state index contributed by atoms with van der Waals surface area (Å²) in [7, 11) is 0. The van der Waals surface area contributed by atoms with E-state index >= 15 is 0 Å². The summed E-state index contributed by atoms with van der Waals surface area (Å²) in [4.78, 5) is 5.59. The van der Waals surface area contributed by atoms with Gasteiger partial charge in [0.25, 0.3) is 0 Å². The van der Waals surface area contributed by atoms with Crippen LogP contribution in [-0.4, -0.2) is 39.7 Å². The summed E-state index contributed by atoms with van der Waals surface area (Å²) in [5, 5.41) is 0. The average molecular weight is 420 g/mol. The fourth-order valence-electron chi connectivity index (χ4n) is 3.89. The number of hydrogen-bond acceptors (Lipinski definition) is 4. The van der Waals surface area contributed by atoms with Crippen molar-refractivity contribution in [3.63, 3.8) is 0 Å². The van der Waals surface area contributed by atoms with Crippen LogP contribution in [-0.2, 0) is 24.0 Å². The molecule has 0 spiro atoms. The highest BCUT2D eigenvalue weighted by atomic mass is 19.4. The molecule has 5 nitrogen and oxygen atoms in total. The maximum Gasteiger partial charge on any atom is 0.434 e. The molecule has 1 fully saturated rings. The molecule has 2 aliphatic rings. The molecule has 158 valence electrons. The molecule has 0 radical (unpaired) electrons. The van der Waals surface area contributed by atoms with Gasteiger partial charge in [0.1, 0.15) is 17.7 Å². The third kappa shape index (κ3) is 3.86. The minimum Gasteiger partial charge on any atom is -0.370 e. The molecule has 1 aromatic heterocycles. The standard InChI is InChI=1S/C18H18F6N4O/c19-11-5-13(21)12(20)4-10(11)17-14(25)3-9(8-29-17)27-1-2-28-6-15(18(22,23)24)26-16(28)7-27/h4-6,9,14,17H,1-3,7-8,25H2. The first-order valence-corrected chi connectivity index (χ1v) is 9.02. The normalized spacial score (nSPS) is 25.8. The smallest absolute Gasteiger partial charge is 0.370 e. The number of halogens is 6. The molecule has 2 aromatic rings. The molecular weight excluding hydrogens is 402 g/mol. The van der Waals surface area contributed by atoms with Crippen molar-refractivity contribution in [2.75, 3.05) is 13.2 Å². The summed E-state index contributed by atoms with van der Waals surface area (Å²) in [5.74, 6) is -3.13. The molecule has 0 amide bonds. The number of nitrogens with two attached hydrogens (primary N) is 1. The first-order valence-electron chi connectivity index (χ1n) is 9.02. The highest BCUT2D eigenvalue weighted by Gasteiger charge is 2.38. The molecule has 4 rings (SSSR count). The van der Waals surface area contributed by atoms with Crippen molar-refractivity contribution < 1.29 is 31.1 Å². The lowest BCUT2D eigenvalue weighted by Gasteiger charge is -2.41. The molecule has 2 aliphatic heterocycles. The Balaban J connectivity index is 1.46. The summed E-state index contributed by atoms with van der Waals surface area (Å²) in [6.07, 6.45) is -4.09. The number of rotatable bonds is 2. The van der Waals surface area contributed by atoms with Crippen molar-refractivity contribution in [2.45, 2.75) is 43.9 Å². The molecule has 1 saturated heterocycles. The van der Waals surface area contributed by atoms with Gasteiger partial charge >= 0.3 is 6.18 Å². The lowest BCUT2D eigenvalue weighted by molar-refractivity contribution is -0.141. The molecular formula is C18H18F6N4O. The largest absolute Gasteiger partial charge is 0.434 e. The van der Waals surface area contributed by atoms with E-state index in [1.807, 2.05) is 4.90 Å². The fraction of sp³-hybridized carbons (Fsp3) is 0.500. The van der Waals surface area contributed by atoms with E-state index < -0.39 is 41.5 Å². The molecule has 2 N–H and O–H groups in total. The van der Waals surface area contributed by atoms with E-state index in [1.54, 1.807) is 0 Å². The van der Waals surface area contributed by atoms with Gasteiger partial charge in [-0.3, -0.25) is 4.90 Å². The predicted octanol–water partition coefficient (Wildman–Crippen LogP) is 2.99. The number of hydrogen-bond donors (Lipinski definition) is 1. The Hall–Kier alpha value is -2.11. The van der Waals surface area contributed by atoms with Crippen LogP contribution >= 0.6 is 0 Å². The number of imidazole rings is 1. The molecule has 11 heteroatoms. The molecule has 3 heterocycles. The second kappa shape index (κ2) is 7.29. The SMILES string of the molecule is NC1CC(N2CCn3cc(C(F)(F)F)nc3C2)COC1c1cc(F)c(F)cc1F. The Morgan fingerprint density at radius 3 is 2.48 bits per heavy atom. The van der Waals surface area contributed by atoms with Gasteiger partial charge in [0.05, 0.1) is 13.2 Å². The number of aromatic nitrogens is 2. The van der Waals surface area contributed by atoms with E-state index in [1.165, 1.54) is 4.57 Å². The maximum absolute atomic E-state index is 14.0. The minimum absolute atomic E-state index is 0.129. The van der Waals surface area contributed by atoms with Crippen molar-refractivity contribution in [1.29, 1.82) is 0 Å². The monoisotopic (exact) mass is 420 g/mol. The van der Waals surface area contributed by atoms with Crippen LogP contribution in [0.15, 0.2) is 18.3 Å². The second-order valence-corrected chi connectivity index (χ2v) is 7.30. The summed E-state index contributed by atoms with van der Waals surface area (Å²) in [6.45, 7) is 1.14. The maximum atomic E-state index is 14.0. The topological polar surface area (TPSA) is 56.3 Å². The number of ether oxygens (including phenoxy) is 1. The first kappa shape index (κ1) is 20.2. The van der Waals surface area contributed by atoms with Crippen molar-refractivity contribution in [2.24, 2.45) is 5.73 Å². The van der Waals surface area contributed by atoms with E-state index in [2.05, 4.69) is 4.98 Å². The summed E-state index contributed by atoms with van der Waals surface area (Å²) < 4.78 is 86.4. The Labute approximate surface area is 162 Å². The molecule has 29 heavy (non-hydrogen) atoms. The number of nitrogens with zero attached hydrogens (tertiary/aromatic N) is 3. The molecule has 3 atom stereocenters. The van der Waals surface area contributed by atoms with Crippen molar-refractivity contribution in [3.8, 4) is 0 Å². The molecule has 0 saturated carbocycles. The van der Waals surface area contributed by atoms with Crippen LogP contribution in [0.2, 0.25) is 0 Å². The van der Waals surface area contributed by atoms with E-state index in [0.717, 1.165) is 12.3 Å². The highest BCUT2D eigenvalue weighted by Crippen LogP contribution is 2.34. The Bertz CT molecular complexity index is 914. The number of fused-ring (bicyclic) bond motifs is 1. The van der Waals surface area contributed by atoms with Crippen LogP contribution in [0.4, 0.5) is 26.3 Å². The lowest BCUT2D eigenvalue weighted by Crippen LogP contribution is -2.51. The Morgan fingerprint density at radius 1 is 1.07 bits per heavy atom. The molecule has 1 aromatic carbocycles. The van der Waals surface area contributed by atoms with Crippen LogP contribution in [0.1, 0.15) is 29.6 Å². The Morgan fingerprint density at radius 2 is 1.79 bits per heavy atom. The third-order valence-electron chi connectivity index (χ3n) is 5.39. The van der Waals surface area contributed by atoms with Gasteiger partial charge in [-0.2, -0.15) is 13.2 Å². The highest BCUT2D eigenvalue weighted by molar-refractivity contribution is 5.24. The third-order valence-corrected chi connectivity index (χ3v) is 5.39. The van der Waals surface area contributed by atoms with Gasteiger partial charge in [-0.1, -0.05) is 0 Å². The van der Waals surface area contributed by atoms with Gasteiger partial charge < -0.3 is 15.0 Å². The van der Waals surface area contributed by atoms with E-state index in [0.29, 0.717) is 31.4 Å². The number of alkyl halides is 3. The zero-order valence-corrected chi connectivity index (χ0v) is 15.1. The van der Waals surface area contributed by atoms with Gasteiger partial charge in [0, 0.05) is 43.0 Å². The lowest BCUT2D eigenvalue weighted by atomic mass is 9.93. The zero-order chi connectivity index (χ0) is 20.9. The van der Waals surface area contributed by atoms with Gasteiger partial charge in [-0.25, -0.2) is 18.2 Å². The van der Waals surface area contributed by atoms with Gasteiger partial charge in [-0.15, -0.1) is 0 Å².